The highest BCUT2D eigenvalue weighted by Gasteiger charge is 2.06. The van der Waals surface area contributed by atoms with E-state index in [0.717, 1.165) is 29.4 Å². The van der Waals surface area contributed by atoms with E-state index in [1.165, 1.54) is 5.56 Å². The Morgan fingerprint density at radius 2 is 1.88 bits per heavy atom. The summed E-state index contributed by atoms with van der Waals surface area (Å²) in [7, 11) is 0. The molecular formula is C13H14Cl2N2. The average molecular weight is 269 g/mol. The summed E-state index contributed by atoms with van der Waals surface area (Å²) < 4.78 is 0. The number of aromatic nitrogens is 1. The van der Waals surface area contributed by atoms with E-state index in [0.29, 0.717) is 16.6 Å². The van der Waals surface area contributed by atoms with Crippen molar-refractivity contribution in [3.8, 4) is 0 Å². The van der Waals surface area contributed by atoms with Crippen LogP contribution >= 0.6 is 23.2 Å². The molecule has 0 amide bonds. The minimum absolute atomic E-state index is 0.542. The minimum atomic E-state index is 0.542. The Bertz CT molecular complexity index is 553. The Kier molecular flexibility index (Phi) is 3.87. The lowest BCUT2D eigenvalue weighted by Crippen LogP contribution is -2.02. The first-order valence-electron chi connectivity index (χ1n) is 5.57. The van der Waals surface area contributed by atoms with Crippen molar-refractivity contribution in [1.82, 2.24) is 4.98 Å². The zero-order valence-electron chi connectivity index (χ0n) is 9.63. The van der Waals surface area contributed by atoms with Crippen molar-refractivity contribution >= 4 is 34.1 Å². The molecule has 0 aliphatic rings. The van der Waals surface area contributed by atoms with E-state index in [9.17, 15) is 0 Å². The molecule has 0 aliphatic carbocycles. The summed E-state index contributed by atoms with van der Waals surface area (Å²) >= 11 is 12.0. The van der Waals surface area contributed by atoms with Crippen molar-refractivity contribution in [2.24, 2.45) is 5.73 Å². The minimum Gasteiger partial charge on any atom is -0.330 e. The summed E-state index contributed by atoms with van der Waals surface area (Å²) in [5.41, 5.74) is 8.66. The van der Waals surface area contributed by atoms with Crippen LogP contribution in [0.2, 0.25) is 10.0 Å². The lowest BCUT2D eigenvalue weighted by Gasteiger charge is -2.08. The Balaban J connectivity index is 2.51. The molecular weight excluding hydrogens is 255 g/mol. The van der Waals surface area contributed by atoms with Gasteiger partial charge in [0, 0.05) is 11.1 Å². The van der Waals surface area contributed by atoms with Crippen LogP contribution < -0.4 is 5.73 Å². The zero-order valence-corrected chi connectivity index (χ0v) is 11.1. The molecule has 90 valence electrons. The van der Waals surface area contributed by atoms with Gasteiger partial charge in [-0.25, -0.2) is 0 Å². The number of rotatable bonds is 3. The summed E-state index contributed by atoms with van der Waals surface area (Å²) in [5, 5.41) is 2.13. The van der Waals surface area contributed by atoms with Gasteiger partial charge in [-0.15, -0.1) is 0 Å². The lowest BCUT2D eigenvalue weighted by molar-refractivity contribution is 0.824. The monoisotopic (exact) mass is 268 g/mol. The smallest absolute Gasteiger partial charge is 0.0721 e. The van der Waals surface area contributed by atoms with Gasteiger partial charge < -0.3 is 5.73 Å². The second kappa shape index (κ2) is 5.21. The molecule has 2 aromatic rings. The highest BCUT2D eigenvalue weighted by atomic mass is 35.5. The normalized spacial score (nSPS) is 11.1. The van der Waals surface area contributed by atoms with Crippen LogP contribution in [0.25, 0.3) is 10.9 Å². The van der Waals surface area contributed by atoms with Gasteiger partial charge in [-0.05, 0) is 50.1 Å². The van der Waals surface area contributed by atoms with Crippen LogP contribution in [0.3, 0.4) is 0 Å². The van der Waals surface area contributed by atoms with E-state index >= 15 is 0 Å². The molecule has 4 heteroatoms. The molecule has 0 saturated heterocycles. The number of nitrogens with zero attached hydrogens (tertiary/aromatic N) is 1. The average Bonchev–Trinajstić information content (AvgIpc) is 2.29. The van der Waals surface area contributed by atoms with Gasteiger partial charge in [0.25, 0.3) is 0 Å². The third-order valence-corrected chi connectivity index (χ3v) is 3.52. The Labute approximate surface area is 111 Å². The standard InChI is InChI=1S/C13H14Cl2N2/c1-8-9(3-2-4-16)5-10-6-11(14)12(15)7-13(10)17-8/h5-7H,2-4,16H2,1H3. The number of pyridine rings is 1. The predicted octanol–water partition coefficient (Wildman–Crippen LogP) is 3.74. The lowest BCUT2D eigenvalue weighted by atomic mass is 10.1. The fraction of sp³-hybridized carbons (Fsp3) is 0.308. The molecule has 0 spiro atoms. The van der Waals surface area contributed by atoms with Crippen LogP contribution in [0.4, 0.5) is 0 Å². The maximum Gasteiger partial charge on any atom is 0.0721 e. The first-order valence-corrected chi connectivity index (χ1v) is 6.32. The van der Waals surface area contributed by atoms with Gasteiger partial charge in [-0.1, -0.05) is 23.2 Å². The summed E-state index contributed by atoms with van der Waals surface area (Å²) in [6.07, 6.45) is 1.92. The number of halogens is 2. The van der Waals surface area contributed by atoms with Crippen LogP contribution in [0.5, 0.6) is 0 Å². The number of benzene rings is 1. The van der Waals surface area contributed by atoms with E-state index in [2.05, 4.69) is 11.1 Å². The summed E-state index contributed by atoms with van der Waals surface area (Å²) in [6, 6.07) is 5.78. The Morgan fingerprint density at radius 3 is 2.59 bits per heavy atom. The van der Waals surface area contributed by atoms with E-state index in [-0.39, 0.29) is 0 Å². The largest absolute Gasteiger partial charge is 0.330 e. The highest BCUT2D eigenvalue weighted by molar-refractivity contribution is 6.42. The fourth-order valence-electron chi connectivity index (χ4n) is 1.85. The zero-order chi connectivity index (χ0) is 12.4. The van der Waals surface area contributed by atoms with Crippen molar-refractivity contribution in [2.45, 2.75) is 19.8 Å². The Hall–Kier alpha value is -0.830. The molecule has 1 aromatic heterocycles. The van der Waals surface area contributed by atoms with Crippen LogP contribution in [-0.4, -0.2) is 11.5 Å². The summed E-state index contributed by atoms with van der Waals surface area (Å²) in [5.74, 6) is 0. The second-order valence-corrected chi connectivity index (χ2v) is 4.90. The fourth-order valence-corrected chi connectivity index (χ4v) is 2.18. The maximum atomic E-state index is 6.00. The number of nitrogens with two attached hydrogens (primary N) is 1. The molecule has 0 fully saturated rings. The van der Waals surface area contributed by atoms with Gasteiger partial charge in [0.2, 0.25) is 0 Å². The van der Waals surface area contributed by atoms with Gasteiger partial charge in [0.05, 0.1) is 15.6 Å². The van der Waals surface area contributed by atoms with Crippen molar-refractivity contribution < 1.29 is 0 Å². The van der Waals surface area contributed by atoms with Crippen LogP contribution in [0.15, 0.2) is 18.2 Å². The van der Waals surface area contributed by atoms with Gasteiger partial charge in [0.15, 0.2) is 0 Å². The molecule has 1 heterocycles. The molecule has 0 aliphatic heterocycles. The third-order valence-electron chi connectivity index (χ3n) is 2.80. The van der Waals surface area contributed by atoms with Crippen molar-refractivity contribution in [3.05, 3.63) is 39.5 Å². The first kappa shape index (κ1) is 12.6. The summed E-state index contributed by atoms with van der Waals surface area (Å²) in [6.45, 7) is 2.70. The number of hydrogen-bond acceptors (Lipinski definition) is 2. The summed E-state index contributed by atoms with van der Waals surface area (Å²) in [4.78, 5) is 4.55. The molecule has 0 bridgehead atoms. The quantitative estimate of drug-likeness (QED) is 0.921. The van der Waals surface area contributed by atoms with Gasteiger partial charge >= 0.3 is 0 Å². The highest BCUT2D eigenvalue weighted by Crippen LogP contribution is 2.28. The third kappa shape index (κ3) is 2.71. The number of fused-ring (bicyclic) bond motifs is 1. The molecule has 0 radical (unpaired) electrons. The molecule has 2 nitrogen and oxygen atoms in total. The molecule has 0 unspecified atom stereocenters. The van der Waals surface area contributed by atoms with Crippen molar-refractivity contribution in [2.75, 3.05) is 6.54 Å². The topological polar surface area (TPSA) is 38.9 Å². The first-order chi connectivity index (χ1) is 8.11. The molecule has 2 N–H and O–H groups in total. The second-order valence-electron chi connectivity index (χ2n) is 4.08. The molecule has 0 atom stereocenters. The molecule has 0 saturated carbocycles. The van der Waals surface area contributed by atoms with Crippen LogP contribution in [-0.2, 0) is 6.42 Å². The van der Waals surface area contributed by atoms with Crippen molar-refractivity contribution in [1.29, 1.82) is 0 Å². The van der Waals surface area contributed by atoms with Crippen molar-refractivity contribution in [3.63, 3.8) is 0 Å². The van der Waals surface area contributed by atoms with Gasteiger partial charge in [0.1, 0.15) is 0 Å². The Morgan fingerprint density at radius 1 is 1.18 bits per heavy atom. The van der Waals surface area contributed by atoms with Gasteiger partial charge in [-0.3, -0.25) is 4.98 Å². The van der Waals surface area contributed by atoms with Gasteiger partial charge in [-0.2, -0.15) is 0 Å². The SMILES string of the molecule is Cc1nc2cc(Cl)c(Cl)cc2cc1CCCN. The molecule has 1 aromatic carbocycles. The maximum absolute atomic E-state index is 6.00. The number of aryl methyl sites for hydroxylation is 2. The van der Waals surface area contributed by atoms with E-state index < -0.39 is 0 Å². The van der Waals surface area contributed by atoms with Crippen LogP contribution in [0, 0.1) is 6.92 Å². The van der Waals surface area contributed by atoms with E-state index in [4.69, 9.17) is 28.9 Å². The van der Waals surface area contributed by atoms with E-state index in [1.807, 2.05) is 13.0 Å². The number of hydrogen-bond donors (Lipinski definition) is 1. The molecule has 2 rings (SSSR count). The van der Waals surface area contributed by atoms with Crippen LogP contribution in [0.1, 0.15) is 17.7 Å². The predicted molar refractivity (Wildman–Crippen MR) is 73.9 cm³/mol. The molecule has 17 heavy (non-hydrogen) atoms. The van der Waals surface area contributed by atoms with E-state index in [1.54, 1.807) is 6.07 Å².